The van der Waals surface area contributed by atoms with Crippen molar-refractivity contribution in [3.63, 3.8) is 0 Å². The van der Waals surface area contributed by atoms with Crippen LogP contribution < -0.4 is 0 Å². The molecule has 2 N–H and O–H groups in total. The summed E-state index contributed by atoms with van der Waals surface area (Å²) >= 11 is 0. The maximum Gasteiger partial charge on any atom is 0.119 e. The lowest BCUT2D eigenvalue weighted by atomic mass is 9.68. The average molecular weight is 661 g/mol. The van der Waals surface area contributed by atoms with Crippen LogP contribution in [0.25, 0.3) is 0 Å². The number of rotatable bonds is 8. The molecule has 6 aromatic rings. The predicted molar refractivity (Wildman–Crippen MR) is 210 cm³/mol. The van der Waals surface area contributed by atoms with Crippen molar-refractivity contribution >= 4 is 0 Å². The van der Waals surface area contributed by atoms with Gasteiger partial charge in [-0.1, -0.05) is 201 Å². The Hall–Kier alpha value is -5.08. The second-order valence-corrected chi connectivity index (χ2v) is 15.4. The van der Waals surface area contributed by atoms with E-state index in [4.69, 9.17) is 0 Å². The van der Waals surface area contributed by atoms with Gasteiger partial charge in [0.2, 0.25) is 0 Å². The molecule has 0 unspecified atom stereocenters. The van der Waals surface area contributed by atoms with E-state index in [2.05, 4.69) is 152 Å². The number of phenols is 2. The number of hydrogen-bond acceptors (Lipinski definition) is 2. The third-order valence-electron chi connectivity index (χ3n) is 10.7. The quantitative estimate of drug-likeness (QED) is 0.171. The fraction of sp³-hybridized carbons (Fsp3) is 0.250. The molecule has 2 heteroatoms. The lowest BCUT2D eigenvalue weighted by Gasteiger charge is -2.35. The lowest BCUT2D eigenvalue weighted by molar-refractivity contribution is 0.445. The third-order valence-corrected chi connectivity index (χ3v) is 10.7. The van der Waals surface area contributed by atoms with Crippen molar-refractivity contribution in [1.29, 1.82) is 0 Å². The van der Waals surface area contributed by atoms with Crippen LogP contribution in [0.15, 0.2) is 158 Å². The van der Waals surface area contributed by atoms with Crippen LogP contribution in [0.4, 0.5) is 0 Å². The molecule has 50 heavy (non-hydrogen) atoms. The second kappa shape index (κ2) is 14.4. The summed E-state index contributed by atoms with van der Waals surface area (Å²) in [7, 11) is 0. The zero-order valence-electron chi connectivity index (χ0n) is 30.9. The molecular formula is C48H52O2. The first kappa shape index (κ1) is 36.2. The van der Waals surface area contributed by atoms with Crippen LogP contribution in [0, 0.1) is 0 Å². The standard InChI is InChI=1S/2C24H26O/c1-23(2,18-12-7-5-8-13-18)20-16-11-17-21(25)22(20)24(3,4)19-14-9-6-10-15-19;1-23(2,18-11-7-5-8-12-18)20-15-16-22(25)21(17-20)24(3,4)19-13-9-6-10-14-19/h2*5-17,25H,1-4H3. The van der Waals surface area contributed by atoms with E-state index in [0.717, 1.165) is 16.7 Å². The molecule has 0 saturated carbocycles. The second-order valence-electron chi connectivity index (χ2n) is 15.4. The van der Waals surface area contributed by atoms with Gasteiger partial charge in [-0.25, -0.2) is 0 Å². The number of benzene rings is 6. The largest absolute Gasteiger partial charge is 0.508 e. The first-order chi connectivity index (χ1) is 23.7. The highest BCUT2D eigenvalue weighted by atomic mass is 16.3. The number of hydrogen-bond donors (Lipinski definition) is 2. The van der Waals surface area contributed by atoms with Crippen LogP contribution >= 0.6 is 0 Å². The minimum Gasteiger partial charge on any atom is -0.508 e. The van der Waals surface area contributed by atoms with E-state index >= 15 is 0 Å². The number of aromatic hydroxyl groups is 2. The Morgan fingerprint density at radius 3 is 1.12 bits per heavy atom. The molecule has 0 aliphatic carbocycles. The summed E-state index contributed by atoms with van der Waals surface area (Å²) in [5.74, 6) is 0.705. The van der Waals surface area contributed by atoms with Crippen molar-refractivity contribution in [3.8, 4) is 11.5 Å². The van der Waals surface area contributed by atoms with E-state index in [1.165, 1.54) is 27.8 Å². The molecule has 0 fully saturated rings. The molecule has 256 valence electrons. The van der Waals surface area contributed by atoms with Gasteiger partial charge in [-0.3, -0.25) is 0 Å². The van der Waals surface area contributed by atoms with Crippen molar-refractivity contribution in [2.45, 2.75) is 77.0 Å². The molecule has 0 heterocycles. The highest BCUT2D eigenvalue weighted by Gasteiger charge is 2.35. The Morgan fingerprint density at radius 2 is 0.680 bits per heavy atom. The van der Waals surface area contributed by atoms with E-state index in [1.807, 2.05) is 54.6 Å². The van der Waals surface area contributed by atoms with Crippen molar-refractivity contribution in [3.05, 3.63) is 202 Å². The molecule has 6 aromatic carbocycles. The summed E-state index contributed by atoms with van der Waals surface area (Å²) in [4.78, 5) is 0. The predicted octanol–water partition coefficient (Wildman–Crippen LogP) is 12.1. The Labute approximate surface area is 300 Å². The van der Waals surface area contributed by atoms with Crippen LogP contribution in [-0.2, 0) is 21.7 Å². The normalized spacial score (nSPS) is 12.2. The maximum atomic E-state index is 10.8. The van der Waals surface area contributed by atoms with E-state index in [0.29, 0.717) is 11.5 Å². The molecule has 0 aliphatic rings. The van der Waals surface area contributed by atoms with E-state index in [9.17, 15) is 10.2 Å². The Balaban J connectivity index is 0.000000194. The van der Waals surface area contributed by atoms with Crippen molar-refractivity contribution in [1.82, 2.24) is 0 Å². The van der Waals surface area contributed by atoms with Crippen molar-refractivity contribution in [2.75, 3.05) is 0 Å². The fourth-order valence-electron chi connectivity index (χ4n) is 7.18. The molecule has 0 bridgehead atoms. The summed E-state index contributed by atoms with van der Waals surface area (Å²) in [6.07, 6.45) is 0. The van der Waals surface area contributed by atoms with Gasteiger partial charge in [0.25, 0.3) is 0 Å². The molecule has 0 saturated heterocycles. The molecule has 0 radical (unpaired) electrons. The monoisotopic (exact) mass is 660 g/mol. The summed E-state index contributed by atoms with van der Waals surface area (Å²) in [5.41, 5.74) is 8.31. The molecule has 0 amide bonds. The lowest BCUT2D eigenvalue weighted by Crippen LogP contribution is -2.28. The van der Waals surface area contributed by atoms with Crippen LogP contribution in [0.5, 0.6) is 11.5 Å². The fourth-order valence-corrected chi connectivity index (χ4v) is 7.18. The first-order valence-corrected chi connectivity index (χ1v) is 17.6. The smallest absolute Gasteiger partial charge is 0.119 e. The highest BCUT2D eigenvalue weighted by Crippen LogP contribution is 2.45. The van der Waals surface area contributed by atoms with Gasteiger partial charge in [-0.15, -0.1) is 0 Å². The molecule has 2 nitrogen and oxygen atoms in total. The van der Waals surface area contributed by atoms with E-state index < -0.39 is 0 Å². The minimum absolute atomic E-state index is 0.128. The SMILES string of the molecule is CC(C)(c1ccccc1)c1ccc(O)c(C(C)(C)c2ccccc2)c1.CC(C)(c1ccccc1)c1cccc(O)c1C(C)(C)c1ccccc1. The topological polar surface area (TPSA) is 40.5 Å². The molecular weight excluding hydrogens is 609 g/mol. The van der Waals surface area contributed by atoms with Gasteiger partial charge < -0.3 is 10.2 Å². The maximum absolute atomic E-state index is 10.8. The molecule has 6 rings (SSSR count). The van der Waals surface area contributed by atoms with E-state index in [-0.39, 0.29) is 21.7 Å². The Morgan fingerprint density at radius 1 is 0.300 bits per heavy atom. The summed E-state index contributed by atoms with van der Waals surface area (Å²) < 4.78 is 0. The number of phenolic OH excluding ortho intramolecular Hbond substituents is 2. The minimum atomic E-state index is -0.298. The van der Waals surface area contributed by atoms with Crippen molar-refractivity contribution in [2.24, 2.45) is 0 Å². The molecule has 0 spiro atoms. The van der Waals surface area contributed by atoms with E-state index in [1.54, 1.807) is 6.07 Å². The van der Waals surface area contributed by atoms with Gasteiger partial charge >= 0.3 is 0 Å². The van der Waals surface area contributed by atoms with Gasteiger partial charge in [0.15, 0.2) is 0 Å². The van der Waals surface area contributed by atoms with Crippen LogP contribution in [0.2, 0.25) is 0 Å². The first-order valence-electron chi connectivity index (χ1n) is 17.6. The zero-order valence-corrected chi connectivity index (χ0v) is 30.9. The van der Waals surface area contributed by atoms with Crippen LogP contribution in [-0.4, -0.2) is 10.2 Å². The molecule has 0 aromatic heterocycles. The molecule has 0 atom stereocenters. The van der Waals surface area contributed by atoms with Gasteiger partial charge in [-0.05, 0) is 45.5 Å². The van der Waals surface area contributed by atoms with Crippen LogP contribution in [0.1, 0.15) is 99.9 Å². The Bertz CT molecular complexity index is 1990. The highest BCUT2D eigenvalue weighted by molar-refractivity contribution is 5.55. The Kier molecular flexibility index (Phi) is 10.4. The zero-order chi connectivity index (χ0) is 36.2. The average Bonchev–Trinajstić information content (AvgIpc) is 3.13. The third kappa shape index (κ3) is 7.26. The molecule has 0 aliphatic heterocycles. The van der Waals surface area contributed by atoms with Gasteiger partial charge in [0.05, 0.1) is 0 Å². The van der Waals surface area contributed by atoms with Crippen LogP contribution in [0.3, 0.4) is 0 Å². The van der Waals surface area contributed by atoms with Crippen molar-refractivity contribution < 1.29 is 10.2 Å². The summed E-state index contributed by atoms with van der Waals surface area (Å²) in [5, 5.41) is 21.4. The van der Waals surface area contributed by atoms with Gasteiger partial charge in [0, 0.05) is 32.8 Å². The summed E-state index contributed by atoms with van der Waals surface area (Å²) in [6, 6.07) is 53.7. The summed E-state index contributed by atoms with van der Waals surface area (Å²) in [6.45, 7) is 17.6. The van der Waals surface area contributed by atoms with Gasteiger partial charge in [0.1, 0.15) is 11.5 Å². The van der Waals surface area contributed by atoms with Gasteiger partial charge in [-0.2, -0.15) is 0 Å².